The zero-order valence-corrected chi connectivity index (χ0v) is 16.9. The zero-order valence-electron chi connectivity index (χ0n) is 16.9. The van der Waals surface area contributed by atoms with Crippen LogP contribution in [-0.2, 0) is 6.54 Å². The SMILES string of the molecule is COc1ccccc1Cn1ccc2nc3nc(C)nn3c(-c3ccc(F)cc3)c2c1=O. The van der Waals surface area contributed by atoms with Crippen LogP contribution in [0.5, 0.6) is 5.75 Å². The van der Waals surface area contributed by atoms with Crippen molar-refractivity contribution in [2.75, 3.05) is 7.11 Å². The van der Waals surface area contributed by atoms with Crippen molar-refractivity contribution in [2.24, 2.45) is 0 Å². The first kappa shape index (κ1) is 18.9. The van der Waals surface area contributed by atoms with Crippen LogP contribution in [0.2, 0.25) is 0 Å². The Labute approximate surface area is 176 Å². The fourth-order valence-electron chi connectivity index (χ4n) is 3.74. The first-order valence-corrected chi connectivity index (χ1v) is 9.69. The molecule has 0 saturated heterocycles. The minimum Gasteiger partial charge on any atom is -0.496 e. The molecule has 5 rings (SSSR count). The van der Waals surface area contributed by atoms with E-state index in [9.17, 15) is 9.18 Å². The first-order valence-electron chi connectivity index (χ1n) is 9.69. The molecule has 7 nitrogen and oxygen atoms in total. The molecule has 3 aromatic heterocycles. The molecule has 0 fully saturated rings. The molecule has 0 spiro atoms. The number of ether oxygens (including phenoxy) is 1. The summed E-state index contributed by atoms with van der Waals surface area (Å²) in [5, 5.41) is 4.82. The van der Waals surface area contributed by atoms with Crippen LogP contribution in [0, 0.1) is 12.7 Å². The lowest BCUT2D eigenvalue weighted by molar-refractivity contribution is 0.408. The summed E-state index contributed by atoms with van der Waals surface area (Å²) in [5.41, 5.74) is 2.32. The van der Waals surface area contributed by atoms with Gasteiger partial charge in [0.15, 0.2) is 0 Å². The van der Waals surface area contributed by atoms with Crippen LogP contribution in [0.15, 0.2) is 65.6 Å². The molecule has 31 heavy (non-hydrogen) atoms. The Morgan fingerprint density at radius 1 is 1.03 bits per heavy atom. The quantitative estimate of drug-likeness (QED) is 0.448. The monoisotopic (exact) mass is 415 g/mol. The van der Waals surface area contributed by atoms with Gasteiger partial charge in [-0.2, -0.15) is 9.50 Å². The highest BCUT2D eigenvalue weighted by Crippen LogP contribution is 2.27. The van der Waals surface area contributed by atoms with Gasteiger partial charge in [-0.15, -0.1) is 5.10 Å². The van der Waals surface area contributed by atoms with Crippen LogP contribution in [0.1, 0.15) is 11.4 Å². The number of hydrogen-bond acceptors (Lipinski definition) is 5. The molecule has 0 aliphatic rings. The van der Waals surface area contributed by atoms with Crippen LogP contribution < -0.4 is 10.3 Å². The number of halogens is 1. The lowest BCUT2D eigenvalue weighted by Crippen LogP contribution is -2.22. The van der Waals surface area contributed by atoms with E-state index in [-0.39, 0.29) is 11.4 Å². The van der Waals surface area contributed by atoms with E-state index in [1.165, 1.54) is 12.1 Å². The predicted octanol–water partition coefficient (Wildman–Crippen LogP) is 3.61. The maximum absolute atomic E-state index is 13.6. The number of hydrogen-bond donors (Lipinski definition) is 0. The summed E-state index contributed by atoms with van der Waals surface area (Å²) in [7, 11) is 1.60. The smallest absolute Gasteiger partial charge is 0.262 e. The van der Waals surface area contributed by atoms with Gasteiger partial charge in [0.05, 0.1) is 30.3 Å². The lowest BCUT2D eigenvalue weighted by atomic mass is 10.1. The topological polar surface area (TPSA) is 74.3 Å². The van der Waals surface area contributed by atoms with Gasteiger partial charge >= 0.3 is 0 Å². The Hall–Kier alpha value is -4.07. The molecule has 0 amide bonds. The van der Waals surface area contributed by atoms with Crippen molar-refractivity contribution in [1.82, 2.24) is 24.1 Å². The number of nitrogens with zero attached hydrogens (tertiary/aromatic N) is 5. The minimum absolute atomic E-state index is 0.231. The van der Waals surface area contributed by atoms with Crippen molar-refractivity contribution in [1.29, 1.82) is 0 Å². The molecule has 0 bridgehead atoms. The van der Waals surface area contributed by atoms with E-state index in [2.05, 4.69) is 15.1 Å². The Balaban J connectivity index is 1.80. The maximum atomic E-state index is 13.6. The molecule has 0 atom stereocenters. The van der Waals surface area contributed by atoms with Gasteiger partial charge in [-0.25, -0.2) is 9.37 Å². The lowest BCUT2D eigenvalue weighted by Gasteiger charge is -2.13. The van der Waals surface area contributed by atoms with Gasteiger partial charge in [-0.1, -0.05) is 18.2 Å². The number of methoxy groups -OCH3 is 1. The molecule has 3 heterocycles. The molecular weight excluding hydrogens is 397 g/mol. The van der Waals surface area contributed by atoms with Gasteiger partial charge in [0.25, 0.3) is 11.3 Å². The molecule has 154 valence electrons. The van der Waals surface area contributed by atoms with E-state index < -0.39 is 0 Å². The molecule has 2 aromatic carbocycles. The van der Waals surface area contributed by atoms with Crippen molar-refractivity contribution in [3.8, 4) is 17.0 Å². The summed E-state index contributed by atoms with van der Waals surface area (Å²) < 4.78 is 22.1. The molecule has 5 aromatic rings. The first-order chi connectivity index (χ1) is 15.0. The number of para-hydroxylation sites is 1. The van der Waals surface area contributed by atoms with Crippen LogP contribution in [0.3, 0.4) is 0 Å². The highest BCUT2D eigenvalue weighted by molar-refractivity contribution is 5.93. The second-order valence-corrected chi connectivity index (χ2v) is 7.16. The van der Waals surface area contributed by atoms with Crippen LogP contribution in [-0.4, -0.2) is 31.3 Å². The fourth-order valence-corrected chi connectivity index (χ4v) is 3.74. The number of aryl methyl sites for hydroxylation is 1. The second-order valence-electron chi connectivity index (χ2n) is 7.16. The predicted molar refractivity (Wildman–Crippen MR) is 115 cm³/mol. The van der Waals surface area contributed by atoms with Crippen LogP contribution in [0.25, 0.3) is 27.9 Å². The van der Waals surface area contributed by atoms with Crippen molar-refractivity contribution in [2.45, 2.75) is 13.5 Å². The number of rotatable bonds is 4. The van der Waals surface area contributed by atoms with E-state index in [0.29, 0.717) is 46.1 Å². The van der Waals surface area contributed by atoms with Crippen LogP contribution in [0.4, 0.5) is 4.39 Å². The average molecular weight is 415 g/mol. The number of benzene rings is 2. The van der Waals surface area contributed by atoms with Crippen LogP contribution >= 0.6 is 0 Å². The summed E-state index contributed by atoms with van der Waals surface area (Å²) in [6.45, 7) is 2.09. The third kappa shape index (κ3) is 3.22. The number of aromatic nitrogens is 5. The van der Waals surface area contributed by atoms with E-state index in [1.807, 2.05) is 24.3 Å². The van der Waals surface area contributed by atoms with Gasteiger partial charge in [0.2, 0.25) is 0 Å². The van der Waals surface area contributed by atoms with Gasteiger partial charge in [-0.3, -0.25) is 4.79 Å². The van der Waals surface area contributed by atoms with Gasteiger partial charge < -0.3 is 9.30 Å². The average Bonchev–Trinajstić information content (AvgIpc) is 3.15. The fraction of sp³-hybridized carbons (Fsp3) is 0.130. The van der Waals surface area contributed by atoms with E-state index in [1.54, 1.807) is 47.5 Å². The summed E-state index contributed by atoms with van der Waals surface area (Å²) in [4.78, 5) is 22.5. The molecule has 0 N–H and O–H groups in total. The summed E-state index contributed by atoms with van der Waals surface area (Å²) in [6.07, 6.45) is 1.71. The normalized spacial score (nSPS) is 11.3. The standard InChI is InChI=1S/C23H18FN5O2/c1-14-25-23-26-18-11-12-28(13-16-5-3-4-6-19(16)31-2)22(30)20(18)21(29(23)27-14)15-7-9-17(24)10-8-15/h3-12H,13H2,1-2H3. The number of pyridine rings is 1. The second kappa shape index (κ2) is 7.32. The molecule has 0 saturated carbocycles. The molecular formula is C23H18FN5O2. The molecule has 8 heteroatoms. The Bertz CT molecular complexity index is 1490. The van der Waals surface area contributed by atoms with Crippen molar-refractivity contribution < 1.29 is 9.13 Å². The Morgan fingerprint density at radius 2 is 1.81 bits per heavy atom. The van der Waals surface area contributed by atoms with E-state index >= 15 is 0 Å². The summed E-state index contributed by atoms with van der Waals surface area (Å²) in [6, 6.07) is 15.3. The van der Waals surface area contributed by atoms with Crippen molar-refractivity contribution in [3.05, 3.63) is 88.4 Å². The van der Waals surface area contributed by atoms with Crippen molar-refractivity contribution in [3.63, 3.8) is 0 Å². The van der Waals surface area contributed by atoms with Gasteiger partial charge in [0.1, 0.15) is 17.4 Å². The maximum Gasteiger partial charge on any atom is 0.262 e. The van der Waals surface area contributed by atoms with Gasteiger partial charge in [-0.05, 0) is 43.3 Å². The molecule has 0 aliphatic heterocycles. The Kier molecular flexibility index (Phi) is 4.47. The molecule has 0 unspecified atom stereocenters. The Morgan fingerprint density at radius 3 is 2.58 bits per heavy atom. The van der Waals surface area contributed by atoms with E-state index in [0.717, 1.165) is 5.56 Å². The van der Waals surface area contributed by atoms with E-state index in [4.69, 9.17) is 4.74 Å². The van der Waals surface area contributed by atoms with Crippen molar-refractivity contribution >= 4 is 16.7 Å². The third-order valence-corrected chi connectivity index (χ3v) is 5.16. The number of fused-ring (bicyclic) bond motifs is 2. The summed E-state index contributed by atoms with van der Waals surface area (Å²) >= 11 is 0. The largest absolute Gasteiger partial charge is 0.496 e. The zero-order chi connectivity index (χ0) is 21.5. The third-order valence-electron chi connectivity index (χ3n) is 5.16. The molecule has 0 radical (unpaired) electrons. The highest BCUT2D eigenvalue weighted by atomic mass is 19.1. The molecule has 0 aliphatic carbocycles. The highest BCUT2D eigenvalue weighted by Gasteiger charge is 2.18. The summed E-state index contributed by atoms with van der Waals surface area (Å²) in [5.74, 6) is 1.25. The van der Waals surface area contributed by atoms with Gasteiger partial charge in [0, 0.05) is 17.3 Å². The minimum atomic E-state index is -0.360.